The van der Waals surface area contributed by atoms with E-state index in [0.717, 1.165) is 0 Å². The molecule has 1 rings (SSSR count). The van der Waals surface area contributed by atoms with Gasteiger partial charge in [-0.3, -0.25) is 0 Å². The van der Waals surface area contributed by atoms with Gasteiger partial charge in [-0.25, -0.2) is 18.6 Å². The molecule has 0 bridgehead atoms. The van der Waals surface area contributed by atoms with E-state index in [9.17, 15) is 13.6 Å². The normalized spacial score (nSPS) is 10.6. The maximum atomic E-state index is 12.2. The lowest BCUT2D eigenvalue weighted by Crippen LogP contribution is -2.02. The summed E-state index contributed by atoms with van der Waals surface area (Å²) in [7, 11) is 0. The number of aromatic carboxylic acids is 1. The molecular weight excluding hydrogens is 239 g/mol. The second-order valence-corrected chi connectivity index (χ2v) is 3.04. The summed E-state index contributed by atoms with van der Waals surface area (Å²) in [5, 5.41) is 7.79. The number of aromatic nitrogens is 1. The molecule has 1 heterocycles. The zero-order valence-corrected chi connectivity index (χ0v) is 7.98. The van der Waals surface area contributed by atoms with Crippen molar-refractivity contribution < 1.29 is 18.7 Å². The standard InChI is InChI=1S/C7H3Cl2F2NO2/c8-4-2(7(13)14)1-3(6(10)11)12-5(4)9/h1,6H,(H,13,14). The van der Waals surface area contributed by atoms with E-state index >= 15 is 0 Å². The number of alkyl halides is 2. The van der Waals surface area contributed by atoms with Crippen LogP contribution in [0.4, 0.5) is 8.78 Å². The van der Waals surface area contributed by atoms with Gasteiger partial charge < -0.3 is 5.11 Å². The van der Waals surface area contributed by atoms with Gasteiger partial charge in [-0.1, -0.05) is 23.2 Å². The first-order chi connectivity index (χ1) is 6.43. The smallest absolute Gasteiger partial charge is 0.337 e. The van der Waals surface area contributed by atoms with Crippen molar-refractivity contribution in [2.75, 3.05) is 0 Å². The summed E-state index contributed by atoms with van der Waals surface area (Å²) in [6.07, 6.45) is -2.89. The van der Waals surface area contributed by atoms with E-state index < -0.39 is 28.8 Å². The predicted molar refractivity (Wildman–Crippen MR) is 46.2 cm³/mol. The van der Waals surface area contributed by atoms with Gasteiger partial charge >= 0.3 is 5.97 Å². The van der Waals surface area contributed by atoms with Gasteiger partial charge in [0, 0.05) is 0 Å². The van der Waals surface area contributed by atoms with Crippen LogP contribution in [0.3, 0.4) is 0 Å². The molecule has 3 nitrogen and oxygen atoms in total. The molecule has 1 aromatic heterocycles. The van der Waals surface area contributed by atoms with Gasteiger partial charge in [-0.05, 0) is 6.07 Å². The highest BCUT2D eigenvalue weighted by atomic mass is 35.5. The van der Waals surface area contributed by atoms with Crippen LogP contribution in [0.5, 0.6) is 0 Å². The second kappa shape index (κ2) is 4.06. The summed E-state index contributed by atoms with van der Waals surface area (Å²) in [6.45, 7) is 0. The van der Waals surface area contributed by atoms with Gasteiger partial charge in [-0.2, -0.15) is 0 Å². The van der Waals surface area contributed by atoms with Crippen molar-refractivity contribution >= 4 is 29.2 Å². The highest BCUT2D eigenvalue weighted by molar-refractivity contribution is 6.42. The van der Waals surface area contributed by atoms with Gasteiger partial charge in [-0.15, -0.1) is 0 Å². The van der Waals surface area contributed by atoms with Crippen LogP contribution in [0.1, 0.15) is 22.5 Å². The number of carboxylic acids is 1. The maximum absolute atomic E-state index is 12.2. The van der Waals surface area contributed by atoms with Gasteiger partial charge in [0.2, 0.25) is 0 Å². The van der Waals surface area contributed by atoms with Crippen LogP contribution >= 0.6 is 23.2 Å². The van der Waals surface area contributed by atoms with Crippen molar-refractivity contribution in [3.05, 3.63) is 27.5 Å². The number of nitrogens with zero attached hydrogens (tertiary/aromatic N) is 1. The topological polar surface area (TPSA) is 50.2 Å². The molecule has 1 aromatic rings. The Morgan fingerprint density at radius 1 is 1.50 bits per heavy atom. The van der Waals surface area contributed by atoms with E-state index in [2.05, 4.69) is 4.98 Å². The second-order valence-electron chi connectivity index (χ2n) is 2.31. The Labute approximate surface area is 87.3 Å². The highest BCUT2D eigenvalue weighted by Gasteiger charge is 2.19. The molecule has 0 spiro atoms. The van der Waals surface area contributed by atoms with Crippen LogP contribution in [0, 0.1) is 0 Å². The molecule has 0 aromatic carbocycles. The monoisotopic (exact) mass is 241 g/mol. The summed E-state index contributed by atoms with van der Waals surface area (Å²) in [5.41, 5.74) is -1.20. The molecule has 14 heavy (non-hydrogen) atoms. The minimum atomic E-state index is -2.89. The third-order valence-corrected chi connectivity index (χ3v) is 2.14. The Morgan fingerprint density at radius 2 is 2.07 bits per heavy atom. The van der Waals surface area contributed by atoms with Crippen LogP contribution in [0.25, 0.3) is 0 Å². The van der Waals surface area contributed by atoms with Crippen LogP contribution < -0.4 is 0 Å². The summed E-state index contributed by atoms with van der Waals surface area (Å²) in [4.78, 5) is 13.8. The van der Waals surface area contributed by atoms with Crippen molar-refractivity contribution in [2.45, 2.75) is 6.43 Å². The largest absolute Gasteiger partial charge is 0.478 e. The third-order valence-electron chi connectivity index (χ3n) is 1.39. The van der Waals surface area contributed by atoms with Crippen LogP contribution in [-0.4, -0.2) is 16.1 Å². The van der Waals surface area contributed by atoms with Crippen LogP contribution in [0.15, 0.2) is 6.07 Å². The fraction of sp³-hybridized carbons (Fsp3) is 0.143. The Hall–Kier alpha value is -0.940. The van der Waals surface area contributed by atoms with Crippen LogP contribution in [0.2, 0.25) is 10.2 Å². The van der Waals surface area contributed by atoms with E-state index in [1.54, 1.807) is 0 Å². The van der Waals surface area contributed by atoms with Crippen molar-refractivity contribution in [2.24, 2.45) is 0 Å². The molecule has 0 atom stereocenters. The zero-order valence-electron chi connectivity index (χ0n) is 6.47. The molecule has 0 saturated carbocycles. The summed E-state index contributed by atoms with van der Waals surface area (Å²) >= 11 is 10.8. The Kier molecular flexibility index (Phi) is 3.23. The van der Waals surface area contributed by atoms with Gasteiger partial charge in [0.1, 0.15) is 10.8 Å². The van der Waals surface area contributed by atoms with E-state index in [1.807, 2.05) is 0 Å². The van der Waals surface area contributed by atoms with E-state index in [0.29, 0.717) is 6.07 Å². The Morgan fingerprint density at radius 3 is 2.50 bits per heavy atom. The Balaban J connectivity index is 3.35. The summed E-state index contributed by atoms with van der Waals surface area (Å²) in [6, 6.07) is 0.696. The van der Waals surface area contributed by atoms with Crippen molar-refractivity contribution in [3.8, 4) is 0 Å². The average molecular weight is 242 g/mol. The number of halogens is 4. The molecule has 0 saturated heterocycles. The summed E-state index contributed by atoms with van der Waals surface area (Å²) in [5.74, 6) is -1.43. The average Bonchev–Trinajstić information content (AvgIpc) is 2.08. The first-order valence-corrected chi connectivity index (χ1v) is 4.06. The maximum Gasteiger partial charge on any atom is 0.337 e. The lowest BCUT2D eigenvalue weighted by atomic mass is 10.2. The molecular formula is C7H3Cl2F2NO2. The zero-order chi connectivity index (χ0) is 10.9. The third kappa shape index (κ3) is 2.10. The molecule has 0 unspecified atom stereocenters. The molecule has 7 heteroatoms. The van der Waals surface area contributed by atoms with E-state index in [4.69, 9.17) is 28.3 Å². The van der Waals surface area contributed by atoms with Gasteiger partial charge in [0.15, 0.2) is 0 Å². The number of carboxylic acid groups (broad SMARTS) is 1. The SMILES string of the molecule is O=C(O)c1cc(C(F)F)nc(Cl)c1Cl. The van der Waals surface area contributed by atoms with Crippen molar-refractivity contribution in [1.29, 1.82) is 0 Å². The number of rotatable bonds is 2. The lowest BCUT2D eigenvalue weighted by Gasteiger charge is -2.04. The first kappa shape index (κ1) is 11.1. The van der Waals surface area contributed by atoms with Crippen molar-refractivity contribution in [1.82, 2.24) is 4.98 Å². The number of hydrogen-bond donors (Lipinski definition) is 1. The fourth-order valence-electron chi connectivity index (χ4n) is 0.784. The van der Waals surface area contributed by atoms with E-state index in [-0.39, 0.29) is 5.02 Å². The molecule has 0 radical (unpaired) electrons. The number of carbonyl (C=O) groups is 1. The highest BCUT2D eigenvalue weighted by Crippen LogP contribution is 2.28. The van der Waals surface area contributed by atoms with Crippen LogP contribution in [-0.2, 0) is 0 Å². The lowest BCUT2D eigenvalue weighted by molar-refractivity contribution is 0.0696. The predicted octanol–water partition coefficient (Wildman–Crippen LogP) is 3.02. The van der Waals surface area contributed by atoms with Gasteiger partial charge in [0.25, 0.3) is 6.43 Å². The quantitative estimate of drug-likeness (QED) is 0.810. The minimum Gasteiger partial charge on any atom is -0.478 e. The molecule has 0 amide bonds. The molecule has 0 aliphatic heterocycles. The summed E-state index contributed by atoms with van der Waals surface area (Å²) < 4.78 is 24.3. The molecule has 0 fully saturated rings. The Bertz CT molecular complexity index is 384. The minimum absolute atomic E-state index is 0.344. The molecule has 76 valence electrons. The van der Waals surface area contributed by atoms with Gasteiger partial charge in [0.05, 0.1) is 10.6 Å². The molecule has 1 N–H and O–H groups in total. The number of pyridine rings is 1. The molecule has 0 aliphatic rings. The van der Waals surface area contributed by atoms with E-state index in [1.165, 1.54) is 0 Å². The number of hydrogen-bond acceptors (Lipinski definition) is 2. The first-order valence-electron chi connectivity index (χ1n) is 3.31. The molecule has 0 aliphatic carbocycles. The van der Waals surface area contributed by atoms with Crippen molar-refractivity contribution in [3.63, 3.8) is 0 Å². The fourth-order valence-corrected chi connectivity index (χ4v) is 1.16.